The molecule has 0 atom stereocenters. The van der Waals surface area contributed by atoms with Crippen molar-refractivity contribution in [3.63, 3.8) is 0 Å². The molecule has 0 aliphatic heterocycles. The van der Waals surface area contributed by atoms with Crippen LogP contribution in [0.4, 0.5) is 0 Å². The van der Waals surface area contributed by atoms with Gasteiger partial charge in [-0.2, -0.15) is 5.10 Å². The van der Waals surface area contributed by atoms with Crippen molar-refractivity contribution in [2.24, 2.45) is 5.92 Å². The lowest BCUT2D eigenvalue weighted by molar-refractivity contribution is 0.301. The van der Waals surface area contributed by atoms with Gasteiger partial charge in [0.05, 0.1) is 37.3 Å². The summed E-state index contributed by atoms with van der Waals surface area (Å²) in [5.41, 5.74) is 5.72. The Morgan fingerprint density at radius 3 is 2.97 bits per heavy atom. The molecule has 1 saturated carbocycles. The molecule has 1 fully saturated rings. The molecule has 33 heavy (non-hydrogen) atoms. The van der Waals surface area contributed by atoms with E-state index in [4.69, 9.17) is 9.72 Å². The van der Waals surface area contributed by atoms with Crippen molar-refractivity contribution < 1.29 is 4.74 Å². The van der Waals surface area contributed by atoms with Gasteiger partial charge in [-0.15, -0.1) is 5.10 Å². The number of aromatic amines is 1. The van der Waals surface area contributed by atoms with Gasteiger partial charge >= 0.3 is 0 Å². The maximum absolute atomic E-state index is 5.42. The smallest absolute Gasteiger partial charge is 0.137 e. The van der Waals surface area contributed by atoms with Gasteiger partial charge in [0.15, 0.2) is 0 Å². The number of aromatic nitrogens is 7. The van der Waals surface area contributed by atoms with Crippen molar-refractivity contribution in [1.82, 2.24) is 39.9 Å². The molecule has 1 aliphatic rings. The van der Waals surface area contributed by atoms with E-state index in [0.29, 0.717) is 6.54 Å². The van der Waals surface area contributed by atoms with Gasteiger partial charge in [-0.25, -0.2) is 9.67 Å². The summed E-state index contributed by atoms with van der Waals surface area (Å²) in [7, 11) is 1.65. The molecule has 4 heterocycles. The topological polar surface area (TPSA) is 98.0 Å². The second-order valence-corrected chi connectivity index (χ2v) is 8.77. The Morgan fingerprint density at radius 2 is 2.12 bits per heavy atom. The highest BCUT2D eigenvalue weighted by Crippen LogP contribution is 2.31. The monoisotopic (exact) mass is 442 g/mol. The quantitative estimate of drug-likeness (QED) is 0.382. The van der Waals surface area contributed by atoms with E-state index < -0.39 is 0 Å². The molecule has 1 aromatic carbocycles. The van der Waals surface area contributed by atoms with Crippen LogP contribution in [0.25, 0.3) is 27.8 Å². The fraction of sp³-hybridized carbons (Fsp3) is 0.333. The van der Waals surface area contributed by atoms with E-state index in [1.165, 1.54) is 24.8 Å². The molecule has 168 valence electrons. The summed E-state index contributed by atoms with van der Waals surface area (Å²) >= 11 is 0. The van der Waals surface area contributed by atoms with Crippen molar-refractivity contribution >= 4 is 16.6 Å². The third kappa shape index (κ3) is 3.95. The van der Waals surface area contributed by atoms with Crippen LogP contribution in [0.1, 0.15) is 30.5 Å². The number of benzene rings is 1. The van der Waals surface area contributed by atoms with Crippen LogP contribution in [0.5, 0.6) is 5.75 Å². The highest BCUT2D eigenvalue weighted by atomic mass is 16.5. The summed E-state index contributed by atoms with van der Waals surface area (Å²) < 4.78 is 9.32. The molecule has 9 nitrogen and oxygen atoms in total. The van der Waals surface area contributed by atoms with Crippen LogP contribution in [-0.4, -0.2) is 48.2 Å². The number of rotatable bonds is 8. The fourth-order valence-corrected chi connectivity index (χ4v) is 4.41. The minimum Gasteiger partial charge on any atom is -0.497 e. The lowest BCUT2D eigenvalue weighted by Crippen LogP contribution is -2.26. The summed E-state index contributed by atoms with van der Waals surface area (Å²) in [6, 6.07) is 8.09. The Kier molecular flexibility index (Phi) is 5.03. The van der Waals surface area contributed by atoms with Crippen molar-refractivity contribution in [3.8, 4) is 17.0 Å². The molecule has 0 spiro atoms. The minimum absolute atomic E-state index is 0.544. The van der Waals surface area contributed by atoms with Gasteiger partial charge in [0.25, 0.3) is 0 Å². The van der Waals surface area contributed by atoms with Gasteiger partial charge in [-0.1, -0.05) is 17.7 Å². The van der Waals surface area contributed by atoms with Crippen LogP contribution in [0.2, 0.25) is 0 Å². The van der Waals surface area contributed by atoms with E-state index in [0.717, 1.165) is 58.3 Å². The Labute approximate surface area is 190 Å². The number of hydrogen-bond donors (Lipinski definition) is 2. The Hall–Kier alpha value is -3.72. The van der Waals surface area contributed by atoms with Gasteiger partial charge < -0.3 is 14.5 Å². The molecule has 0 amide bonds. The Bertz CT molecular complexity index is 1410. The lowest BCUT2D eigenvalue weighted by atomic mass is 9.85. The first-order chi connectivity index (χ1) is 16.2. The maximum atomic E-state index is 5.42. The zero-order valence-electron chi connectivity index (χ0n) is 18.5. The number of H-pyrrole nitrogens is 1. The molecule has 6 rings (SSSR count). The third-order valence-corrected chi connectivity index (χ3v) is 6.46. The number of pyridine rings is 1. The molecule has 1 aliphatic carbocycles. The SMILES string of the molecule is COc1cc(-c2cn(Cc3cn4cc(CNCC5CCC5)ccc4n3)nn2)c2cn[nH]c2c1. The van der Waals surface area contributed by atoms with Crippen molar-refractivity contribution in [3.05, 3.63) is 60.3 Å². The number of imidazole rings is 1. The molecule has 0 saturated heterocycles. The molecule has 2 N–H and O–H groups in total. The van der Waals surface area contributed by atoms with Gasteiger partial charge in [-0.3, -0.25) is 5.10 Å². The van der Waals surface area contributed by atoms with E-state index in [1.807, 2.05) is 23.0 Å². The van der Waals surface area contributed by atoms with Crippen LogP contribution in [0.15, 0.2) is 49.1 Å². The zero-order valence-corrected chi connectivity index (χ0v) is 18.5. The van der Waals surface area contributed by atoms with Crippen LogP contribution >= 0.6 is 0 Å². The molecule has 0 unspecified atom stereocenters. The lowest BCUT2D eigenvalue weighted by Gasteiger charge is -2.25. The van der Waals surface area contributed by atoms with Crippen LogP contribution in [0.3, 0.4) is 0 Å². The highest BCUT2D eigenvalue weighted by Gasteiger charge is 2.16. The van der Waals surface area contributed by atoms with Crippen molar-refractivity contribution in [2.75, 3.05) is 13.7 Å². The minimum atomic E-state index is 0.544. The largest absolute Gasteiger partial charge is 0.497 e. The molecular formula is C24H26N8O. The number of fused-ring (bicyclic) bond motifs is 2. The van der Waals surface area contributed by atoms with E-state index in [2.05, 4.69) is 54.8 Å². The number of nitrogens with zero attached hydrogens (tertiary/aromatic N) is 6. The molecule has 4 aromatic heterocycles. The van der Waals surface area contributed by atoms with Gasteiger partial charge in [0.1, 0.15) is 17.1 Å². The van der Waals surface area contributed by atoms with Crippen LogP contribution in [-0.2, 0) is 13.1 Å². The summed E-state index contributed by atoms with van der Waals surface area (Å²) in [6.07, 6.45) is 12.1. The van der Waals surface area contributed by atoms with Gasteiger partial charge in [0.2, 0.25) is 0 Å². The average molecular weight is 443 g/mol. The van der Waals surface area contributed by atoms with E-state index in [-0.39, 0.29) is 0 Å². The Morgan fingerprint density at radius 1 is 1.18 bits per heavy atom. The van der Waals surface area contributed by atoms with Crippen LogP contribution < -0.4 is 10.1 Å². The first kappa shape index (κ1) is 19.9. The molecule has 0 bridgehead atoms. The van der Waals surface area contributed by atoms with E-state index in [1.54, 1.807) is 13.3 Å². The number of methoxy groups -OCH3 is 1. The second kappa shape index (κ2) is 8.32. The normalized spacial score (nSPS) is 14.2. The van der Waals surface area contributed by atoms with Crippen molar-refractivity contribution in [1.29, 1.82) is 0 Å². The van der Waals surface area contributed by atoms with Gasteiger partial charge in [0, 0.05) is 36.0 Å². The maximum Gasteiger partial charge on any atom is 0.137 e. The summed E-state index contributed by atoms with van der Waals surface area (Å²) in [5, 5.41) is 20.4. The highest BCUT2D eigenvalue weighted by molar-refractivity contribution is 5.94. The third-order valence-electron chi connectivity index (χ3n) is 6.46. The first-order valence-electron chi connectivity index (χ1n) is 11.3. The second-order valence-electron chi connectivity index (χ2n) is 8.77. The number of hydrogen-bond acceptors (Lipinski definition) is 6. The number of nitrogens with one attached hydrogen (secondary N) is 2. The van der Waals surface area contributed by atoms with Gasteiger partial charge in [-0.05, 0) is 43.0 Å². The van der Waals surface area contributed by atoms with E-state index in [9.17, 15) is 0 Å². The molecule has 0 radical (unpaired) electrons. The summed E-state index contributed by atoms with van der Waals surface area (Å²) in [5.74, 6) is 1.61. The van der Waals surface area contributed by atoms with Crippen LogP contribution in [0, 0.1) is 5.92 Å². The van der Waals surface area contributed by atoms with Crippen molar-refractivity contribution in [2.45, 2.75) is 32.4 Å². The average Bonchev–Trinajstić information content (AvgIpc) is 3.53. The zero-order chi connectivity index (χ0) is 22.2. The van der Waals surface area contributed by atoms with E-state index >= 15 is 0 Å². The summed E-state index contributed by atoms with van der Waals surface area (Å²) in [4.78, 5) is 4.75. The standard InChI is InChI=1S/C24H26N8O/c1-33-19-7-20(21-11-26-28-22(21)8-19)23-15-32(30-29-23)14-18-13-31-12-17(5-6-24(31)27-18)10-25-9-16-3-2-4-16/h5-8,11-13,15-16,25H,2-4,9-10,14H2,1H3,(H,26,28). The summed E-state index contributed by atoms with van der Waals surface area (Å²) in [6.45, 7) is 2.54. The first-order valence-corrected chi connectivity index (χ1v) is 11.3. The molecule has 5 aromatic rings. The fourth-order valence-electron chi connectivity index (χ4n) is 4.41. The Balaban J connectivity index is 1.19. The number of ether oxygens (including phenoxy) is 1. The predicted molar refractivity (Wildman–Crippen MR) is 125 cm³/mol. The molecule has 9 heteroatoms. The predicted octanol–water partition coefficient (Wildman–Crippen LogP) is 3.42. The molecular weight excluding hydrogens is 416 g/mol.